The molecule has 0 saturated carbocycles. The number of hydrogen-bond acceptors (Lipinski definition) is 2. The van der Waals surface area contributed by atoms with Gasteiger partial charge in [0.2, 0.25) is 0 Å². The molecule has 0 spiro atoms. The molecule has 0 heterocycles. The number of hydrogen-bond donors (Lipinski definition) is 1. The Balaban J connectivity index is 2.03. The molecule has 0 radical (unpaired) electrons. The molecule has 0 aromatic heterocycles. The van der Waals surface area contributed by atoms with Gasteiger partial charge in [0, 0.05) is 17.7 Å². The molecule has 2 aromatic rings. The molecule has 0 amide bonds. The van der Waals surface area contributed by atoms with Gasteiger partial charge < -0.3 is 10.5 Å². The van der Waals surface area contributed by atoms with Gasteiger partial charge in [-0.3, -0.25) is 0 Å². The lowest BCUT2D eigenvalue weighted by Crippen LogP contribution is -2.04. The summed E-state index contributed by atoms with van der Waals surface area (Å²) in [5, 5.41) is 1.22. The van der Waals surface area contributed by atoms with Gasteiger partial charge in [-0.2, -0.15) is 0 Å². The molecule has 110 valence electrons. The van der Waals surface area contributed by atoms with E-state index in [2.05, 4.69) is 18.2 Å². The number of ether oxygens (including phenoxy) is 1. The van der Waals surface area contributed by atoms with Gasteiger partial charge >= 0.3 is 0 Å². The molecule has 1 unspecified atom stereocenters. The second-order valence-corrected chi connectivity index (χ2v) is 6.07. The fraction of sp³-hybridized carbons (Fsp3) is 0.294. The van der Waals surface area contributed by atoms with Crippen LogP contribution < -0.4 is 10.5 Å². The van der Waals surface area contributed by atoms with Crippen LogP contribution in [0.3, 0.4) is 0 Å². The third-order valence-electron chi connectivity index (χ3n) is 3.90. The minimum absolute atomic E-state index is 0.161. The second kappa shape index (κ2) is 5.88. The summed E-state index contributed by atoms with van der Waals surface area (Å²) in [6.45, 7) is 2.48. The Bertz CT molecular complexity index is 685. The first-order chi connectivity index (χ1) is 10.1. The van der Waals surface area contributed by atoms with Crippen LogP contribution in [0.4, 0.5) is 0 Å². The Hall–Kier alpha value is -1.22. The molecular formula is C17H17Cl2NO. The van der Waals surface area contributed by atoms with Crippen LogP contribution in [0.1, 0.15) is 30.5 Å². The summed E-state index contributed by atoms with van der Waals surface area (Å²) in [7, 11) is 0. The molecule has 0 saturated heterocycles. The number of halogens is 2. The molecule has 2 aromatic carbocycles. The van der Waals surface area contributed by atoms with Crippen LogP contribution in [0.25, 0.3) is 11.1 Å². The van der Waals surface area contributed by atoms with E-state index in [-0.39, 0.29) is 6.04 Å². The number of fused-ring (bicyclic) bond motifs is 1. The molecule has 0 fully saturated rings. The highest BCUT2D eigenvalue weighted by Gasteiger charge is 2.20. The van der Waals surface area contributed by atoms with E-state index in [0.717, 1.165) is 24.0 Å². The topological polar surface area (TPSA) is 35.2 Å². The minimum atomic E-state index is 0.161. The quantitative estimate of drug-likeness (QED) is 0.862. The molecule has 1 aliphatic carbocycles. The van der Waals surface area contributed by atoms with E-state index in [0.29, 0.717) is 22.4 Å². The van der Waals surface area contributed by atoms with Crippen molar-refractivity contribution >= 4 is 23.2 Å². The van der Waals surface area contributed by atoms with Crippen LogP contribution in [0.5, 0.6) is 5.75 Å². The largest absolute Gasteiger partial charge is 0.492 e. The van der Waals surface area contributed by atoms with Crippen molar-refractivity contribution in [2.75, 3.05) is 6.61 Å². The van der Waals surface area contributed by atoms with Crippen LogP contribution in [0, 0.1) is 0 Å². The van der Waals surface area contributed by atoms with Crippen LogP contribution in [-0.4, -0.2) is 6.61 Å². The Morgan fingerprint density at radius 1 is 1.19 bits per heavy atom. The van der Waals surface area contributed by atoms with E-state index in [1.165, 1.54) is 11.1 Å². The predicted octanol–water partition coefficient (Wildman–Crippen LogP) is 5.01. The number of nitrogens with two attached hydrogens (primary N) is 1. The average molecular weight is 322 g/mol. The number of aryl methyl sites for hydroxylation is 1. The van der Waals surface area contributed by atoms with Crippen LogP contribution in [-0.2, 0) is 6.42 Å². The molecule has 0 bridgehead atoms. The van der Waals surface area contributed by atoms with Crippen molar-refractivity contribution in [1.82, 2.24) is 0 Å². The first-order valence-corrected chi connectivity index (χ1v) is 7.86. The van der Waals surface area contributed by atoms with Crippen LogP contribution in [0.15, 0.2) is 30.3 Å². The lowest BCUT2D eigenvalue weighted by Gasteiger charge is -2.12. The Morgan fingerprint density at radius 3 is 2.76 bits per heavy atom. The van der Waals surface area contributed by atoms with Crippen LogP contribution in [0.2, 0.25) is 10.0 Å². The summed E-state index contributed by atoms with van der Waals surface area (Å²) in [4.78, 5) is 0. The van der Waals surface area contributed by atoms with Crippen LogP contribution >= 0.6 is 23.2 Å². The highest BCUT2D eigenvalue weighted by atomic mass is 35.5. The van der Waals surface area contributed by atoms with E-state index in [1.54, 1.807) is 6.07 Å². The van der Waals surface area contributed by atoms with Gasteiger partial charge in [-0.1, -0.05) is 41.4 Å². The van der Waals surface area contributed by atoms with Gasteiger partial charge in [0.15, 0.2) is 0 Å². The fourth-order valence-corrected chi connectivity index (χ4v) is 3.31. The van der Waals surface area contributed by atoms with Crippen molar-refractivity contribution in [3.8, 4) is 16.9 Å². The molecule has 21 heavy (non-hydrogen) atoms. The number of benzene rings is 2. The molecule has 4 heteroatoms. The predicted molar refractivity (Wildman–Crippen MR) is 88.3 cm³/mol. The Labute approximate surface area is 134 Å². The van der Waals surface area contributed by atoms with Gasteiger partial charge in [-0.05, 0) is 42.5 Å². The standard InChI is InChI=1S/C17H17Cl2NO/c1-2-21-17-9-14(18)13(8-15(17)19)11-3-5-12-10(7-11)4-6-16(12)20/h3,5,7-9,16H,2,4,6,20H2,1H3. The first-order valence-electron chi connectivity index (χ1n) is 7.10. The molecule has 2 N–H and O–H groups in total. The van der Waals surface area contributed by atoms with Crippen molar-refractivity contribution in [2.24, 2.45) is 5.73 Å². The second-order valence-electron chi connectivity index (χ2n) is 5.25. The van der Waals surface area contributed by atoms with Gasteiger partial charge in [-0.15, -0.1) is 0 Å². The highest BCUT2D eigenvalue weighted by Crippen LogP contribution is 2.39. The maximum absolute atomic E-state index is 6.39. The summed E-state index contributed by atoms with van der Waals surface area (Å²) < 4.78 is 5.46. The fourth-order valence-electron chi connectivity index (χ4n) is 2.83. The van der Waals surface area contributed by atoms with Crippen molar-refractivity contribution < 1.29 is 4.74 Å². The molecule has 3 rings (SSSR count). The smallest absolute Gasteiger partial charge is 0.139 e. The van der Waals surface area contributed by atoms with Gasteiger partial charge in [0.05, 0.1) is 16.7 Å². The lowest BCUT2D eigenvalue weighted by atomic mass is 9.99. The minimum Gasteiger partial charge on any atom is -0.492 e. The summed E-state index contributed by atoms with van der Waals surface area (Å²) in [6.07, 6.45) is 2.03. The maximum atomic E-state index is 6.39. The van der Waals surface area contributed by atoms with Gasteiger partial charge in [0.1, 0.15) is 5.75 Å². The van der Waals surface area contributed by atoms with Crippen molar-refractivity contribution in [3.05, 3.63) is 51.5 Å². The molecule has 0 aliphatic heterocycles. The SMILES string of the molecule is CCOc1cc(Cl)c(-c2ccc3c(c2)CCC3N)cc1Cl. The first kappa shape index (κ1) is 14.7. The summed E-state index contributed by atoms with van der Waals surface area (Å²) in [5.41, 5.74) is 10.6. The zero-order valence-electron chi connectivity index (χ0n) is 11.8. The van der Waals surface area contributed by atoms with E-state index < -0.39 is 0 Å². The zero-order chi connectivity index (χ0) is 15.0. The third-order valence-corrected chi connectivity index (χ3v) is 4.51. The van der Waals surface area contributed by atoms with Gasteiger partial charge in [0.25, 0.3) is 0 Å². The van der Waals surface area contributed by atoms with Crippen molar-refractivity contribution in [2.45, 2.75) is 25.8 Å². The zero-order valence-corrected chi connectivity index (χ0v) is 13.3. The maximum Gasteiger partial charge on any atom is 0.139 e. The molecule has 1 aliphatic rings. The Kier molecular flexibility index (Phi) is 4.12. The average Bonchev–Trinajstić information content (AvgIpc) is 2.84. The molecule has 2 nitrogen and oxygen atoms in total. The Morgan fingerprint density at radius 2 is 2.00 bits per heavy atom. The molecular weight excluding hydrogens is 305 g/mol. The number of rotatable bonds is 3. The lowest BCUT2D eigenvalue weighted by molar-refractivity contribution is 0.340. The van der Waals surface area contributed by atoms with Crippen molar-refractivity contribution in [3.63, 3.8) is 0 Å². The normalized spacial score (nSPS) is 16.9. The summed E-state index contributed by atoms with van der Waals surface area (Å²) in [5.74, 6) is 0.621. The van der Waals surface area contributed by atoms with E-state index in [1.807, 2.05) is 13.0 Å². The van der Waals surface area contributed by atoms with E-state index >= 15 is 0 Å². The van der Waals surface area contributed by atoms with E-state index in [9.17, 15) is 0 Å². The summed E-state index contributed by atoms with van der Waals surface area (Å²) in [6, 6.07) is 10.1. The monoisotopic (exact) mass is 321 g/mol. The van der Waals surface area contributed by atoms with E-state index in [4.69, 9.17) is 33.7 Å². The third kappa shape index (κ3) is 2.76. The van der Waals surface area contributed by atoms with Gasteiger partial charge in [-0.25, -0.2) is 0 Å². The highest BCUT2D eigenvalue weighted by molar-refractivity contribution is 6.36. The molecule has 1 atom stereocenters. The summed E-state index contributed by atoms with van der Waals surface area (Å²) >= 11 is 12.7. The van der Waals surface area contributed by atoms with Crippen molar-refractivity contribution in [1.29, 1.82) is 0 Å².